The highest BCUT2D eigenvalue weighted by Crippen LogP contribution is 2.42. The highest BCUT2D eigenvalue weighted by molar-refractivity contribution is 4.91. The Bertz CT molecular complexity index is 411. The highest BCUT2D eigenvalue weighted by Gasteiger charge is 2.29. The van der Waals surface area contributed by atoms with Crippen LogP contribution in [-0.4, -0.2) is 0 Å². The van der Waals surface area contributed by atoms with Crippen LogP contribution in [0.3, 0.4) is 0 Å². The lowest BCUT2D eigenvalue weighted by Crippen LogP contribution is -2.25. The summed E-state index contributed by atoms with van der Waals surface area (Å²) in [4.78, 5) is 0. The van der Waals surface area contributed by atoms with E-state index in [1.165, 1.54) is 69.8 Å². The molecule has 3 fully saturated rings. The van der Waals surface area contributed by atoms with Crippen LogP contribution in [0.5, 0.6) is 0 Å². The van der Waals surface area contributed by atoms with Crippen molar-refractivity contribution in [2.75, 3.05) is 0 Å². The molecule has 0 aromatic carbocycles. The summed E-state index contributed by atoms with van der Waals surface area (Å²) in [6.45, 7) is 8.77. The molecule has 3 saturated carbocycles. The van der Waals surface area contributed by atoms with Crippen LogP contribution in [0.4, 0.5) is 0 Å². The predicted octanol–water partition coefficient (Wildman–Crippen LogP) is 8.95. The van der Waals surface area contributed by atoms with Gasteiger partial charge in [0.2, 0.25) is 0 Å². The highest BCUT2D eigenvalue weighted by atomic mass is 14.4. The second-order valence-electron chi connectivity index (χ2n) is 11.1. The second-order valence-corrected chi connectivity index (χ2v) is 11.1. The van der Waals surface area contributed by atoms with Gasteiger partial charge in [-0.1, -0.05) is 76.7 Å². The minimum atomic E-state index is 0.960. The Morgan fingerprint density at radius 3 is 1.52 bits per heavy atom. The summed E-state index contributed by atoms with van der Waals surface area (Å²) in [6, 6.07) is 0. The van der Waals surface area contributed by atoms with Crippen LogP contribution >= 0.6 is 0 Å². The third kappa shape index (κ3) is 7.25. The quantitative estimate of drug-likeness (QED) is 0.294. The molecule has 3 aliphatic carbocycles. The van der Waals surface area contributed by atoms with Crippen LogP contribution in [0.15, 0.2) is 12.2 Å². The zero-order valence-corrected chi connectivity index (χ0v) is 18.7. The van der Waals surface area contributed by atoms with Gasteiger partial charge in [0.1, 0.15) is 0 Å². The van der Waals surface area contributed by atoms with Crippen molar-refractivity contribution in [3.8, 4) is 0 Å². The molecular formula is C27H48. The Balaban J connectivity index is 1.21. The molecule has 0 heterocycles. The van der Waals surface area contributed by atoms with Gasteiger partial charge in [0.15, 0.2) is 0 Å². The summed E-state index contributed by atoms with van der Waals surface area (Å²) in [5, 5.41) is 0. The SMILES string of the molecule is C=C(C)CC1CCC(CCCCC2CCC(C3CCC(C)CC3)CC2)CC1. The lowest BCUT2D eigenvalue weighted by atomic mass is 9.69. The molecule has 0 atom stereocenters. The van der Waals surface area contributed by atoms with Gasteiger partial charge in [-0.2, -0.15) is 0 Å². The summed E-state index contributed by atoms with van der Waals surface area (Å²) in [5.74, 6) is 6.30. The van der Waals surface area contributed by atoms with Gasteiger partial charge in [-0.15, -0.1) is 6.58 Å². The van der Waals surface area contributed by atoms with Gasteiger partial charge in [-0.25, -0.2) is 0 Å². The molecular weight excluding hydrogens is 324 g/mol. The fraction of sp³-hybridized carbons (Fsp3) is 0.926. The largest absolute Gasteiger partial charge is 0.100 e. The maximum atomic E-state index is 4.11. The van der Waals surface area contributed by atoms with Crippen LogP contribution in [-0.2, 0) is 0 Å². The number of allylic oxidation sites excluding steroid dienone is 1. The summed E-state index contributed by atoms with van der Waals surface area (Å²) < 4.78 is 0. The number of hydrogen-bond donors (Lipinski definition) is 0. The second kappa shape index (κ2) is 11.1. The average Bonchev–Trinajstić information content (AvgIpc) is 2.67. The van der Waals surface area contributed by atoms with Gasteiger partial charge in [-0.05, 0) is 87.4 Å². The molecule has 0 heteroatoms. The molecule has 0 saturated heterocycles. The van der Waals surface area contributed by atoms with Crippen molar-refractivity contribution in [2.24, 2.45) is 35.5 Å². The summed E-state index contributed by atoms with van der Waals surface area (Å²) >= 11 is 0. The maximum Gasteiger partial charge on any atom is -0.0297 e. The Hall–Kier alpha value is -0.260. The molecule has 0 bridgehead atoms. The van der Waals surface area contributed by atoms with Crippen molar-refractivity contribution >= 4 is 0 Å². The zero-order chi connectivity index (χ0) is 19.1. The van der Waals surface area contributed by atoms with Gasteiger partial charge >= 0.3 is 0 Å². The third-order valence-electron chi connectivity index (χ3n) is 8.70. The molecule has 0 N–H and O–H groups in total. The smallest absolute Gasteiger partial charge is 0.0297 e. The van der Waals surface area contributed by atoms with Crippen molar-refractivity contribution in [1.82, 2.24) is 0 Å². The van der Waals surface area contributed by atoms with Gasteiger partial charge in [0.25, 0.3) is 0 Å². The van der Waals surface area contributed by atoms with Crippen molar-refractivity contribution < 1.29 is 0 Å². The Kier molecular flexibility index (Phi) is 8.79. The summed E-state index contributed by atoms with van der Waals surface area (Å²) in [7, 11) is 0. The molecule has 0 unspecified atom stereocenters. The van der Waals surface area contributed by atoms with Gasteiger partial charge in [0, 0.05) is 0 Å². The molecule has 3 rings (SSSR count). The van der Waals surface area contributed by atoms with E-state index in [1.54, 1.807) is 44.9 Å². The average molecular weight is 373 g/mol. The van der Waals surface area contributed by atoms with Crippen LogP contribution < -0.4 is 0 Å². The van der Waals surface area contributed by atoms with E-state index in [1.807, 2.05) is 0 Å². The molecule has 0 aliphatic heterocycles. The van der Waals surface area contributed by atoms with E-state index in [4.69, 9.17) is 0 Å². The van der Waals surface area contributed by atoms with Crippen LogP contribution in [0.1, 0.15) is 123 Å². The first kappa shape index (κ1) is 21.4. The fourth-order valence-electron chi connectivity index (χ4n) is 6.79. The van der Waals surface area contributed by atoms with Gasteiger partial charge < -0.3 is 0 Å². The van der Waals surface area contributed by atoms with E-state index in [2.05, 4.69) is 20.4 Å². The minimum Gasteiger partial charge on any atom is -0.100 e. The molecule has 0 radical (unpaired) electrons. The van der Waals surface area contributed by atoms with Crippen molar-refractivity contribution in [3.05, 3.63) is 12.2 Å². The molecule has 156 valence electrons. The molecule has 27 heavy (non-hydrogen) atoms. The van der Waals surface area contributed by atoms with E-state index in [9.17, 15) is 0 Å². The number of hydrogen-bond acceptors (Lipinski definition) is 0. The molecule has 3 aliphatic rings. The van der Waals surface area contributed by atoms with Gasteiger partial charge in [0.05, 0.1) is 0 Å². The number of rotatable bonds is 8. The lowest BCUT2D eigenvalue weighted by Gasteiger charge is -2.37. The van der Waals surface area contributed by atoms with Crippen molar-refractivity contribution in [3.63, 3.8) is 0 Å². The van der Waals surface area contributed by atoms with Crippen LogP contribution in [0, 0.1) is 35.5 Å². The summed E-state index contributed by atoms with van der Waals surface area (Å²) in [6.07, 6.45) is 25.7. The van der Waals surface area contributed by atoms with Crippen LogP contribution in [0.2, 0.25) is 0 Å². The lowest BCUT2D eigenvalue weighted by molar-refractivity contribution is 0.146. The maximum absolute atomic E-state index is 4.11. The zero-order valence-electron chi connectivity index (χ0n) is 18.7. The molecule has 0 aromatic rings. The Labute approximate surface area is 171 Å². The van der Waals surface area contributed by atoms with E-state index in [0.717, 1.165) is 35.5 Å². The first-order valence-electron chi connectivity index (χ1n) is 12.7. The van der Waals surface area contributed by atoms with Crippen molar-refractivity contribution in [2.45, 2.75) is 123 Å². The monoisotopic (exact) mass is 372 g/mol. The normalized spacial score (nSPS) is 37.9. The molecule has 0 nitrogen and oxygen atoms in total. The van der Waals surface area contributed by atoms with Crippen LogP contribution in [0.25, 0.3) is 0 Å². The Morgan fingerprint density at radius 2 is 1.04 bits per heavy atom. The van der Waals surface area contributed by atoms with E-state index < -0.39 is 0 Å². The van der Waals surface area contributed by atoms with E-state index in [0.29, 0.717) is 0 Å². The number of unbranched alkanes of at least 4 members (excludes halogenated alkanes) is 1. The molecule has 0 aromatic heterocycles. The first-order valence-corrected chi connectivity index (χ1v) is 12.7. The third-order valence-corrected chi connectivity index (χ3v) is 8.70. The summed E-state index contributed by atoms with van der Waals surface area (Å²) in [5.41, 5.74) is 1.39. The topological polar surface area (TPSA) is 0 Å². The van der Waals surface area contributed by atoms with Gasteiger partial charge in [-0.3, -0.25) is 0 Å². The molecule has 0 spiro atoms. The first-order chi connectivity index (χ1) is 13.1. The fourth-order valence-corrected chi connectivity index (χ4v) is 6.79. The Morgan fingerprint density at radius 1 is 0.630 bits per heavy atom. The standard InChI is InChI=1S/C27H48/c1-21(2)20-25-12-10-23(11-13-25)6-4-5-7-24-14-18-27(19-15-24)26-16-8-22(3)9-17-26/h22-27H,1,4-20H2,2-3H3. The van der Waals surface area contributed by atoms with E-state index >= 15 is 0 Å². The van der Waals surface area contributed by atoms with E-state index in [-0.39, 0.29) is 0 Å². The van der Waals surface area contributed by atoms with Crippen molar-refractivity contribution in [1.29, 1.82) is 0 Å². The minimum absolute atomic E-state index is 0.960. The predicted molar refractivity (Wildman–Crippen MR) is 120 cm³/mol. The molecule has 0 amide bonds.